The number of hydrogen-bond donors (Lipinski definition) is 1. The van der Waals surface area contributed by atoms with Crippen LogP contribution in [0.2, 0.25) is 5.02 Å². The fraction of sp³-hybridized carbons (Fsp3) is 0.400. The monoisotopic (exact) mass is 229 g/mol. The molecule has 0 saturated heterocycles. The van der Waals surface area contributed by atoms with Gasteiger partial charge in [0, 0.05) is 11.8 Å². The Kier molecular flexibility index (Phi) is 2.38. The van der Waals surface area contributed by atoms with Crippen LogP contribution in [0.25, 0.3) is 0 Å². The van der Waals surface area contributed by atoms with Crippen LogP contribution < -0.4 is 0 Å². The quantitative estimate of drug-likeness (QED) is 0.809. The van der Waals surface area contributed by atoms with E-state index in [9.17, 15) is 9.18 Å². The molecule has 1 fully saturated rings. The maximum Gasteiger partial charge on any atom is 0.309 e. The molecule has 0 aliphatic heterocycles. The zero-order valence-corrected chi connectivity index (χ0v) is 8.59. The Morgan fingerprint density at radius 2 is 2.33 bits per heavy atom. The summed E-state index contributed by atoms with van der Waals surface area (Å²) in [5, 5.41) is 9.28. The minimum atomic E-state index is -0.873. The number of pyridine rings is 1. The number of carboxylic acids is 1. The topological polar surface area (TPSA) is 50.2 Å². The first kappa shape index (κ1) is 10.4. The summed E-state index contributed by atoms with van der Waals surface area (Å²) < 4.78 is 13.2. The number of aromatic nitrogens is 1. The van der Waals surface area contributed by atoms with Gasteiger partial charge in [-0.3, -0.25) is 4.79 Å². The molecule has 0 bridgehead atoms. The summed E-state index contributed by atoms with van der Waals surface area (Å²) in [6, 6.07) is 1.44. The smallest absolute Gasteiger partial charge is 0.309 e. The molecule has 3 nitrogen and oxygen atoms in total. The van der Waals surface area contributed by atoms with Crippen molar-refractivity contribution < 1.29 is 14.3 Å². The van der Waals surface area contributed by atoms with Crippen LogP contribution in [0, 0.1) is 11.4 Å². The highest BCUT2D eigenvalue weighted by atomic mass is 35.5. The molecule has 1 saturated carbocycles. The van der Waals surface area contributed by atoms with Crippen LogP contribution in [0.5, 0.6) is 0 Å². The Hall–Kier alpha value is -1.16. The van der Waals surface area contributed by atoms with Gasteiger partial charge in [0.15, 0.2) is 0 Å². The van der Waals surface area contributed by atoms with Crippen LogP contribution in [0.1, 0.15) is 18.4 Å². The van der Waals surface area contributed by atoms with Crippen molar-refractivity contribution in [1.82, 2.24) is 4.98 Å². The van der Waals surface area contributed by atoms with Crippen molar-refractivity contribution in [2.75, 3.05) is 0 Å². The number of aliphatic carboxylic acids is 1. The Labute approximate surface area is 90.9 Å². The Morgan fingerprint density at radius 1 is 1.67 bits per heavy atom. The number of carbonyl (C=O) groups is 1. The fourth-order valence-corrected chi connectivity index (χ4v) is 1.75. The molecule has 1 heterocycles. The Bertz CT molecular complexity index is 418. The van der Waals surface area contributed by atoms with Crippen molar-refractivity contribution in [2.24, 2.45) is 5.41 Å². The van der Waals surface area contributed by atoms with Gasteiger partial charge in [-0.2, -0.15) is 4.39 Å². The summed E-state index contributed by atoms with van der Waals surface area (Å²) in [6.45, 7) is 0. The SMILES string of the molecule is O=C(O)C1(Cc2cc(Cl)cnc2F)CC1. The first-order valence-electron chi connectivity index (χ1n) is 4.57. The molecule has 0 unspecified atom stereocenters. The molecule has 0 aromatic carbocycles. The zero-order valence-electron chi connectivity index (χ0n) is 7.83. The molecule has 15 heavy (non-hydrogen) atoms. The average molecular weight is 230 g/mol. The highest BCUT2D eigenvalue weighted by Gasteiger charge is 2.50. The standard InChI is InChI=1S/C10H9ClFNO2/c11-7-3-6(8(12)13-5-7)4-10(1-2-10)9(14)15/h3,5H,1-2,4H2,(H,14,15). The van der Waals surface area contributed by atoms with E-state index in [0.29, 0.717) is 17.9 Å². The van der Waals surface area contributed by atoms with E-state index < -0.39 is 17.3 Å². The van der Waals surface area contributed by atoms with Gasteiger partial charge in [0.05, 0.1) is 10.4 Å². The lowest BCUT2D eigenvalue weighted by molar-refractivity contribution is -0.143. The van der Waals surface area contributed by atoms with Gasteiger partial charge in [-0.25, -0.2) is 4.98 Å². The van der Waals surface area contributed by atoms with E-state index in [2.05, 4.69) is 4.98 Å². The number of halogens is 2. The highest BCUT2D eigenvalue weighted by Crippen LogP contribution is 2.48. The normalized spacial score (nSPS) is 17.5. The van der Waals surface area contributed by atoms with Crippen LogP contribution >= 0.6 is 11.6 Å². The van der Waals surface area contributed by atoms with Crippen molar-refractivity contribution in [3.63, 3.8) is 0 Å². The van der Waals surface area contributed by atoms with Gasteiger partial charge in [-0.05, 0) is 25.3 Å². The van der Waals surface area contributed by atoms with Crippen molar-refractivity contribution in [3.05, 3.63) is 28.8 Å². The van der Waals surface area contributed by atoms with Crippen LogP contribution in [-0.4, -0.2) is 16.1 Å². The second kappa shape index (κ2) is 3.45. The zero-order chi connectivity index (χ0) is 11.1. The van der Waals surface area contributed by atoms with Crippen LogP contribution in [0.15, 0.2) is 12.3 Å². The summed E-state index contributed by atoms with van der Waals surface area (Å²) in [5.41, 5.74) is -0.505. The first-order valence-corrected chi connectivity index (χ1v) is 4.95. The molecule has 80 valence electrons. The van der Waals surface area contributed by atoms with Crippen molar-refractivity contribution in [1.29, 1.82) is 0 Å². The Morgan fingerprint density at radius 3 is 2.87 bits per heavy atom. The minimum absolute atomic E-state index is 0.168. The fourth-order valence-electron chi connectivity index (χ4n) is 1.57. The molecule has 1 aliphatic carbocycles. The molecular formula is C10H9ClFNO2. The number of nitrogens with zero attached hydrogens (tertiary/aromatic N) is 1. The molecular weight excluding hydrogens is 221 g/mol. The van der Waals surface area contributed by atoms with Gasteiger partial charge in [0.2, 0.25) is 5.95 Å². The first-order chi connectivity index (χ1) is 7.03. The number of hydrogen-bond acceptors (Lipinski definition) is 2. The van der Waals surface area contributed by atoms with Gasteiger partial charge in [-0.15, -0.1) is 0 Å². The molecule has 1 aromatic heterocycles. The third kappa shape index (κ3) is 1.95. The van der Waals surface area contributed by atoms with Gasteiger partial charge in [-0.1, -0.05) is 11.6 Å². The van der Waals surface area contributed by atoms with Gasteiger partial charge >= 0.3 is 5.97 Å². The summed E-state index contributed by atoms with van der Waals surface area (Å²) in [4.78, 5) is 14.4. The molecule has 2 rings (SSSR count). The lowest BCUT2D eigenvalue weighted by atomic mass is 9.98. The second-order valence-corrected chi connectivity index (χ2v) is 4.30. The van der Waals surface area contributed by atoms with E-state index in [4.69, 9.17) is 16.7 Å². The molecule has 5 heteroatoms. The van der Waals surface area contributed by atoms with Crippen molar-refractivity contribution in [2.45, 2.75) is 19.3 Å². The van der Waals surface area contributed by atoms with E-state index in [1.165, 1.54) is 12.3 Å². The van der Waals surface area contributed by atoms with Crippen LogP contribution in [0.4, 0.5) is 4.39 Å². The molecule has 0 atom stereocenters. The summed E-state index contributed by atoms with van der Waals surface area (Å²) >= 11 is 5.67. The molecule has 0 spiro atoms. The van der Waals surface area contributed by atoms with E-state index in [1.54, 1.807) is 0 Å². The lowest BCUT2D eigenvalue weighted by Gasteiger charge is -2.09. The minimum Gasteiger partial charge on any atom is -0.481 e. The van der Waals surface area contributed by atoms with Crippen LogP contribution in [0.3, 0.4) is 0 Å². The van der Waals surface area contributed by atoms with Gasteiger partial charge < -0.3 is 5.11 Å². The summed E-state index contributed by atoms with van der Waals surface area (Å²) in [5.74, 6) is -1.51. The maximum atomic E-state index is 13.2. The molecule has 1 aromatic rings. The van der Waals surface area contributed by atoms with E-state index in [-0.39, 0.29) is 12.0 Å². The maximum absolute atomic E-state index is 13.2. The third-order valence-corrected chi connectivity index (χ3v) is 2.92. The highest BCUT2D eigenvalue weighted by molar-refractivity contribution is 6.30. The lowest BCUT2D eigenvalue weighted by Crippen LogP contribution is -2.18. The van der Waals surface area contributed by atoms with Gasteiger partial charge in [0.25, 0.3) is 0 Å². The second-order valence-electron chi connectivity index (χ2n) is 3.87. The number of carboxylic acid groups (broad SMARTS) is 1. The van der Waals surface area contributed by atoms with E-state index >= 15 is 0 Å². The van der Waals surface area contributed by atoms with E-state index in [1.807, 2.05) is 0 Å². The largest absolute Gasteiger partial charge is 0.481 e. The van der Waals surface area contributed by atoms with E-state index in [0.717, 1.165) is 0 Å². The molecule has 0 amide bonds. The Balaban J connectivity index is 2.24. The average Bonchev–Trinajstić information content (AvgIpc) is 2.92. The third-order valence-electron chi connectivity index (χ3n) is 2.71. The van der Waals surface area contributed by atoms with Crippen molar-refractivity contribution >= 4 is 17.6 Å². The summed E-state index contributed by atoms with van der Waals surface area (Å²) in [7, 11) is 0. The van der Waals surface area contributed by atoms with Crippen LogP contribution in [-0.2, 0) is 11.2 Å². The summed E-state index contributed by atoms with van der Waals surface area (Å²) in [6.07, 6.45) is 2.56. The van der Waals surface area contributed by atoms with Crippen molar-refractivity contribution in [3.8, 4) is 0 Å². The predicted octanol–water partition coefficient (Wildman–Crippen LogP) is 2.28. The molecule has 1 N–H and O–H groups in total. The molecule has 1 aliphatic rings. The predicted molar refractivity (Wildman–Crippen MR) is 52.2 cm³/mol. The molecule has 0 radical (unpaired) electrons. The van der Waals surface area contributed by atoms with Gasteiger partial charge in [0.1, 0.15) is 0 Å². The number of rotatable bonds is 3.